The molecule has 0 atom stereocenters. The molecular formula is C10H14ClN3S. The summed E-state index contributed by atoms with van der Waals surface area (Å²) in [7, 11) is 0. The molecule has 1 aliphatic heterocycles. The molecule has 0 N–H and O–H groups in total. The molecule has 2 heterocycles. The molecule has 2 rings (SSSR count). The molecule has 0 aromatic carbocycles. The van der Waals surface area contributed by atoms with E-state index in [1.807, 2.05) is 25.6 Å². The minimum Gasteiger partial charge on any atom is -0.339 e. The van der Waals surface area contributed by atoms with Gasteiger partial charge in [0.15, 0.2) is 0 Å². The Balaban J connectivity index is 2.27. The molecule has 3 nitrogen and oxygen atoms in total. The van der Waals surface area contributed by atoms with Crippen molar-refractivity contribution in [3.63, 3.8) is 0 Å². The van der Waals surface area contributed by atoms with Crippen LogP contribution in [0.15, 0.2) is 0 Å². The first kappa shape index (κ1) is 11.0. The third kappa shape index (κ3) is 2.37. The van der Waals surface area contributed by atoms with E-state index >= 15 is 0 Å². The molecular weight excluding hydrogens is 230 g/mol. The van der Waals surface area contributed by atoms with Gasteiger partial charge >= 0.3 is 0 Å². The van der Waals surface area contributed by atoms with Gasteiger partial charge < -0.3 is 4.90 Å². The first-order valence-corrected chi connectivity index (χ1v) is 6.55. The van der Waals surface area contributed by atoms with Gasteiger partial charge in [-0.15, -0.1) is 0 Å². The van der Waals surface area contributed by atoms with Crippen LogP contribution in [0.3, 0.4) is 0 Å². The van der Waals surface area contributed by atoms with E-state index < -0.39 is 0 Å². The molecule has 0 saturated carbocycles. The maximum Gasteiger partial charge on any atom is 0.227 e. The average Bonchev–Trinajstić information content (AvgIpc) is 2.26. The molecule has 82 valence electrons. The van der Waals surface area contributed by atoms with Crippen LogP contribution in [-0.4, -0.2) is 34.6 Å². The van der Waals surface area contributed by atoms with Crippen LogP contribution in [0.2, 0.25) is 5.15 Å². The first-order chi connectivity index (χ1) is 7.18. The highest BCUT2D eigenvalue weighted by Crippen LogP contribution is 2.21. The fourth-order valence-corrected chi connectivity index (χ4v) is 2.60. The quantitative estimate of drug-likeness (QED) is 0.708. The molecule has 1 saturated heterocycles. The summed E-state index contributed by atoms with van der Waals surface area (Å²) in [6, 6.07) is 0. The Morgan fingerprint density at radius 1 is 1.20 bits per heavy atom. The molecule has 0 unspecified atom stereocenters. The molecule has 1 aliphatic rings. The van der Waals surface area contributed by atoms with Crippen LogP contribution in [0, 0.1) is 13.8 Å². The van der Waals surface area contributed by atoms with Crippen molar-refractivity contribution < 1.29 is 0 Å². The molecule has 0 amide bonds. The molecule has 0 bridgehead atoms. The molecule has 1 aromatic heterocycles. The molecule has 5 heteroatoms. The summed E-state index contributed by atoms with van der Waals surface area (Å²) in [5.74, 6) is 3.07. The largest absolute Gasteiger partial charge is 0.339 e. The van der Waals surface area contributed by atoms with Gasteiger partial charge in [-0.05, 0) is 13.8 Å². The number of nitrogens with zero attached hydrogens (tertiary/aromatic N) is 3. The van der Waals surface area contributed by atoms with Crippen molar-refractivity contribution in [2.75, 3.05) is 29.5 Å². The molecule has 0 aliphatic carbocycles. The third-order valence-corrected chi connectivity index (χ3v) is 3.92. The van der Waals surface area contributed by atoms with E-state index in [2.05, 4.69) is 14.9 Å². The Hall–Kier alpha value is -0.480. The van der Waals surface area contributed by atoms with Crippen LogP contribution < -0.4 is 4.90 Å². The summed E-state index contributed by atoms with van der Waals surface area (Å²) in [4.78, 5) is 11.0. The summed E-state index contributed by atoms with van der Waals surface area (Å²) in [6.07, 6.45) is 0. The van der Waals surface area contributed by atoms with Gasteiger partial charge in [0.25, 0.3) is 0 Å². The molecule has 0 spiro atoms. The number of halogens is 1. The average molecular weight is 244 g/mol. The second kappa shape index (κ2) is 4.58. The highest BCUT2D eigenvalue weighted by molar-refractivity contribution is 7.99. The van der Waals surface area contributed by atoms with E-state index in [9.17, 15) is 0 Å². The third-order valence-electron chi connectivity index (χ3n) is 2.61. The minimum absolute atomic E-state index is 0.579. The van der Waals surface area contributed by atoms with Gasteiger partial charge in [0.2, 0.25) is 5.95 Å². The zero-order valence-electron chi connectivity index (χ0n) is 8.96. The van der Waals surface area contributed by atoms with Crippen molar-refractivity contribution in [1.82, 2.24) is 9.97 Å². The number of hydrogen-bond donors (Lipinski definition) is 0. The van der Waals surface area contributed by atoms with E-state index in [1.165, 1.54) is 0 Å². The Morgan fingerprint density at radius 2 is 1.87 bits per heavy atom. The predicted octanol–water partition coefficient (Wildman–Crippen LogP) is 2.30. The fraction of sp³-hybridized carbons (Fsp3) is 0.600. The van der Waals surface area contributed by atoms with Gasteiger partial charge in [0.05, 0.1) is 0 Å². The van der Waals surface area contributed by atoms with Crippen molar-refractivity contribution in [2.45, 2.75) is 13.8 Å². The lowest BCUT2D eigenvalue weighted by atomic mass is 10.3. The van der Waals surface area contributed by atoms with Crippen molar-refractivity contribution >= 4 is 29.3 Å². The number of hydrogen-bond acceptors (Lipinski definition) is 4. The summed E-state index contributed by atoms with van der Waals surface area (Å²) < 4.78 is 0. The zero-order valence-corrected chi connectivity index (χ0v) is 10.5. The highest BCUT2D eigenvalue weighted by Gasteiger charge is 2.15. The Bertz CT molecular complexity index is 341. The van der Waals surface area contributed by atoms with Gasteiger partial charge in [-0.25, -0.2) is 9.97 Å². The lowest BCUT2D eigenvalue weighted by Crippen LogP contribution is -2.34. The number of rotatable bonds is 1. The van der Waals surface area contributed by atoms with E-state index in [1.54, 1.807) is 0 Å². The van der Waals surface area contributed by atoms with E-state index in [-0.39, 0.29) is 0 Å². The fourth-order valence-electron chi connectivity index (χ4n) is 1.48. The number of aryl methyl sites for hydroxylation is 1. The monoisotopic (exact) mass is 243 g/mol. The van der Waals surface area contributed by atoms with Gasteiger partial charge in [-0.2, -0.15) is 11.8 Å². The molecule has 15 heavy (non-hydrogen) atoms. The van der Waals surface area contributed by atoms with Crippen molar-refractivity contribution in [1.29, 1.82) is 0 Å². The topological polar surface area (TPSA) is 29.0 Å². The normalized spacial score (nSPS) is 16.9. The first-order valence-electron chi connectivity index (χ1n) is 5.02. The lowest BCUT2D eigenvalue weighted by molar-refractivity contribution is 0.808. The summed E-state index contributed by atoms with van der Waals surface area (Å²) in [6.45, 7) is 5.96. The van der Waals surface area contributed by atoms with E-state index in [4.69, 9.17) is 11.6 Å². The van der Waals surface area contributed by atoms with Gasteiger partial charge in [-0.3, -0.25) is 0 Å². The van der Waals surface area contributed by atoms with Gasteiger partial charge in [0.1, 0.15) is 5.15 Å². The Morgan fingerprint density at radius 3 is 2.47 bits per heavy atom. The van der Waals surface area contributed by atoms with E-state index in [0.29, 0.717) is 5.15 Å². The SMILES string of the molecule is Cc1nc(N2CCSCC2)nc(Cl)c1C. The summed E-state index contributed by atoms with van der Waals surface area (Å²) in [5, 5.41) is 0.579. The smallest absolute Gasteiger partial charge is 0.227 e. The molecule has 1 fully saturated rings. The van der Waals surface area contributed by atoms with Gasteiger partial charge in [0, 0.05) is 35.9 Å². The standard InChI is InChI=1S/C10H14ClN3S/c1-7-8(2)12-10(13-9(7)11)14-3-5-15-6-4-14/h3-6H2,1-2H3. The van der Waals surface area contributed by atoms with Crippen LogP contribution in [0.4, 0.5) is 5.95 Å². The van der Waals surface area contributed by atoms with Crippen LogP contribution in [-0.2, 0) is 0 Å². The summed E-state index contributed by atoms with van der Waals surface area (Å²) >= 11 is 8.03. The van der Waals surface area contributed by atoms with Crippen molar-refractivity contribution in [2.24, 2.45) is 0 Å². The molecule has 0 radical (unpaired) electrons. The maximum atomic E-state index is 6.06. The summed E-state index contributed by atoms with van der Waals surface area (Å²) in [5.41, 5.74) is 1.95. The van der Waals surface area contributed by atoms with Crippen LogP contribution in [0.5, 0.6) is 0 Å². The van der Waals surface area contributed by atoms with Crippen LogP contribution in [0.25, 0.3) is 0 Å². The Labute approximate surface area is 99.2 Å². The van der Waals surface area contributed by atoms with Crippen LogP contribution >= 0.6 is 23.4 Å². The molecule has 1 aromatic rings. The minimum atomic E-state index is 0.579. The number of aromatic nitrogens is 2. The lowest BCUT2D eigenvalue weighted by Gasteiger charge is -2.26. The second-order valence-corrected chi connectivity index (χ2v) is 5.21. The highest BCUT2D eigenvalue weighted by atomic mass is 35.5. The van der Waals surface area contributed by atoms with Crippen LogP contribution in [0.1, 0.15) is 11.3 Å². The number of thioether (sulfide) groups is 1. The van der Waals surface area contributed by atoms with Crippen molar-refractivity contribution in [3.8, 4) is 0 Å². The van der Waals surface area contributed by atoms with Crippen molar-refractivity contribution in [3.05, 3.63) is 16.4 Å². The zero-order chi connectivity index (χ0) is 10.8. The van der Waals surface area contributed by atoms with Gasteiger partial charge in [-0.1, -0.05) is 11.6 Å². The predicted molar refractivity (Wildman–Crippen MR) is 66.1 cm³/mol. The number of anilines is 1. The van der Waals surface area contributed by atoms with E-state index in [0.717, 1.165) is 41.8 Å². The second-order valence-electron chi connectivity index (χ2n) is 3.62. The Kier molecular flexibility index (Phi) is 3.36. The maximum absolute atomic E-state index is 6.06.